The molecule has 5 nitrogen and oxygen atoms in total. The van der Waals surface area contributed by atoms with Crippen molar-refractivity contribution in [1.29, 1.82) is 0 Å². The van der Waals surface area contributed by atoms with Crippen LogP contribution in [0.3, 0.4) is 0 Å². The number of carbonyl (C=O) groups excluding carboxylic acids is 1. The van der Waals surface area contributed by atoms with Gasteiger partial charge < -0.3 is 10.0 Å². The lowest BCUT2D eigenvalue weighted by atomic mass is 9.96. The highest BCUT2D eigenvalue weighted by atomic mass is 32.2. The number of rotatable bonds is 8. The number of likely N-dealkylation sites (N-methyl/N-ethyl adjacent to an activating group) is 1. The summed E-state index contributed by atoms with van der Waals surface area (Å²) < 4.78 is 13.4. The van der Waals surface area contributed by atoms with Crippen LogP contribution < -0.4 is 4.90 Å². The third-order valence-electron chi connectivity index (χ3n) is 5.66. The van der Waals surface area contributed by atoms with Gasteiger partial charge in [0.25, 0.3) is 0 Å². The molecule has 0 saturated carbocycles. The van der Waals surface area contributed by atoms with Crippen LogP contribution in [0.5, 0.6) is 0 Å². The number of hydrogen-bond acceptors (Lipinski definition) is 4. The standard InChI is InChI=1S/C23H27FN2O3S/c1-4-25(5-2)13-12-18-15(3)20(11-10-19(18)23(28)29)26-21(27)14-30-22(26)16-6-8-17(24)9-7-16/h6-11,22H,4-5,12-14H2,1-3H3,(H,28,29). The second kappa shape index (κ2) is 9.62. The van der Waals surface area contributed by atoms with Crippen LogP contribution >= 0.6 is 11.8 Å². The molecule has 0 bridgehead atoms. The summed E-state index contributed by atoms with van der Waals surface area (Å²) in [5, 5.41) is 9.44. The SMILES string of the molecule is CCN(CC)CCc1c(C(=O)O)ccc(N2C(=O)CSC2c2ccc(F)cc2)c1C. The number of amides is 1. The third kappa shape index (κ3) is 4.52. The molecule has 1 N–H and O–H groups in total. The first-order valence-corrected chi connectivity index (χ1v) is 11.2. The Bertz CT molecular complexity index is 929. The minimum atomic E-state index is -0.962. The normalized spacial score (nSPS) is 16.5. The van der Waals surface area contributed by atoms with Gasteiger partial charge in [-0.05, 0) is 67.4 Å². The highest BCUT2D eigenvalue weighted by Crippen LogP contribution is 2.43. The molecule has 1 aliphatic rings. The van der Waals surface area contributed by atoms with Crippen LogP contribution in [0.4, 0.5) is 10.1 Å². The predicted molar refractivity (Wildman–Crippen MR) is 119 cm³/mol. The van der Waals surface area contributed by atoms with Gasteiger partial charge in [-0.1, -0.05) is 26.0 Å². The smallest absolute Gasteiger partial charge is 0.335 e. The minimum Gasteiger partial charge on any atom is -0.478 e. The van der Waals surface area contributed by atoms with E-state index in [4.69, 9.17) is 0 Å². The molecule has 2 aromatic carbocycles. The van der Waals surface area contributed by atoms with Gasteiger partial charge in [-0.25, -0.2) is 9.18 Å². The molecule has 1 saturated heterocycles. The molecule has 0 spiro atoms. The minimum absolute atomic E-state index is 0.0322. The molecule has 1 aliphatic heterocycles. The van der Waals surface area contributed by atoms with Gasteiger partial charge in [-0.2, -0.15) is 0 Å². The van der Waals surface area contributed by atoms with E-state index < -0.39 is 5.97 Å². The van der Waals surface area contributed by atoms with Crippen molar-refractivity contribution in [2.75, 3.05) is 30.3 Å². The van der Waals surface area contributed by atoms with Crippen LogP contribution in [0.2, 0.25) is 0 Å². The van der Waals surface area contributed by atoms with Crippen molar-refractivity contribution in [3.63, 3.8) is 0 Å². The largest absolute Gasteiger partial charge is 0.478 e. The first-order chi connectivity index (χ1) is 14.4. The first-order valence-electron chi connectivity index (χ1n) is 10.1. The fourth-order valence-electron chi connectivity index (χ4n) is 3.90. The molecular formula is C23H27FN2O3S. The van der Waals surface area contributed by atoms with E-state index in [0.717, 1.165) is 42.0 Å². The van der Waals surface area contributed by atoms with Gasteiger partial charge in [0.05, 0.1) is 11.3 Å². The van der Waals surface area contributed by atoms with Crippen molar-refractivity contribution < 1.29 is 19.1 Å². The summed E-state index contributed by atoms with van der Waals surface area (Å²) >= 11 is 1.49. The molecule has 1 amide bonds. The Balaban J connectivity index is 2.01. The summed E-state index contributed by atoms with van der Waals surface area (Å²) in [6.07, 6.45) is 0.597. The summed E-state index contributed by atoms with van der Waals surface area (Å²) in [5.41, 5.74) is 3.41. The lowest BCUT2D eigenvalue weighted by Crippen LogP contribution is -2.30. The number of carbonyl (C=O) groups is 2. The van der Waals surface area contributed by atoms with E-state index >= 15 is 0 Å². The zero-order chi connectivity index (χ0) is 21.8. The van der Waals surface area contributed by atoms with E-state index in [-0.39, 0.29) is 22.7 Å². The lowest BCUT2D eigenvalue weighted by Gasteiger charge is -2.28. The van der Waals surface area contributed by atoms with Gasteiger partial charge in [0.1, 0.15) is 11.2 Å². The van der Waals surface area contributed by atoms with E-state index in [1.807, 2.05) is 6.92 Å². The highest BCUT2D eigenvalue weighted by Gasteiger charge is 2.35. The Labute approximate surface area is 180 Å². The van der Waals surface area contributed by atoms with Crippen LogP contribution in [0.25, 0.3) is 0 Å². The second-order valence-electron chi connectivity index (χ2n) is 7.30. The maximum atomic E-state index is 13.4. The molecule has 1 unspecified atom stereocenters. The van der Waals surface area contributed by atoms with E-state index in [9.17, 15) is 19.1 Å². The zero-order valence-corrected chi connectivity index (χ0v) is 18.3. The van der Waals surface area contributed by atoms with Gasteiger partial charge >= 0.3 is 5.97 Å². The molecule has 0 aromatic heterocycles. The zero-order valence-electron chi connectivity index (χ0n) is 17.5. The molecule has 7 heteroatoms. The fourth-order valence-corrected chi connectivity index (χ4v) is 5.07. The number of thioether (sulfide) groups is 1. The van der Waals surface area contributed by atoms with Gasteiger partial charge in [-0.3, -0.25) is 9.69 Å². The average molecular weight is 431 g/mol. The number of carboxylic acids is 1. The number of halogens is 1. The molecule has 0 aliphatic carbocycles. The van der Waals surface area contributed by atoms with Crippen LogP contribution in [0.1, 0.15) is 46.3 Å². The first kappa shape index (κ1) is 22.3. The van der Waals surface area contributed by atoms with E-state index in [2.05, 4.69) is 18.7 Å². The predicted octanol–water partition coefficient (Wildman–Crippen LogP) is 4.50. The van der Waals surface area contributed by atoms with Gasteiger partial charge in [0, 0.05) is 12.2 Å². The van der Waals surface area contributed by atoms with Crippen LogP contribution in [-0.2, 0) is 11.2 Å². The maximum absolute atomic E-state index is 13.4. The van der Waals surface area contributed by atoms with Gasteiger partial charge in [0.15, 0.2) is 0 Å². The van der Waals surface area contributed by atoms with E-state index in [0.29, 0.717) is 12.2 Å². The van der Waals surface area contributed by atoms with E-state index in [1.165, 1.54) is 23.9 Å². The van der Waals surface area contributed by atoms with Crippen molar-refractivity contribution >= 4 is 29.3 Å². The average Bonchev–Trinajstić information content (AvgIpc) is 3.11. The molecule has 2 aromatic rings. The summed E-state index contributed by atoms with van der Waals surface area (Å²) in [4.78, 5) is 28.6. The Morgan fingerprint density at radius 1 is 1.20 bits per heavy atom. The Morgan fingerprint density at radius 2 is 1.87 bits per heavy atom. The summed E-state index contributed by atoms with van der Waals surface area (Å²) in [5.74, 6) is -0.983. The Kier molecular flexibility index (Phi) is 7.15. The Hall–Kier alpha value is -2.38. The number of carboxylic acid groups (broad SMARTS) is 1. The highest BCUT2D eigenvalue weighted by molar-refractivity contribution is 8.00. The van der Waals surface area contributed by atoms with Crippen LogP contribution in [0, 0.1) is 12.7 Å². The molecular weight excluding hydrogens is 403 g/mol. The second-order valence-corrected chi connectivity index (χ2v) is 8.37. The maximum Gasteiger partial charge on any atom is 0.335 e. The monoisotopic (exact) mass is 430 g/mol. The van der Waals surface area contributed by atoms with Crippen molar-refractivity contribution in [2.45, 2.75) is 32.6 Å². The van der Waals surface area contributed by atoms with Crippen molar-refractivity contribution in [2.24, 2.45) is 0 Å². The topological polar surface area (TPSA) is 60.9 Å². The van der Waals surface area contributed by atoms with E-state index in [1.54, 1.807) is 29.2 Å². The lowest BCUT2D eigenvalue weighted by molar-refractivity contribution is -0.115. The summed E-state index contributed by atoms with van der Waals surface area (Å²) in [6, 6.07) is 9.50. The number of nitrogens with zero attached hydrogens (tertiary/aromatic N) is 2. The fraction of sp³-hybridized carbons (Fsp3) is 0.391. The number of hydrogen-bond donors (Lipinski definition) is 1. The van der Waals surface area contributed by atoms with Crippen molar-refractivity contribution in [3.05, 3.63) is 64.5 Å². The van der Waals surface area contributed by atoms with Crippen LogP contribution in [0.15, 0.2) is 36.4 Å². The van der Waals surface area contributed by atoms with Gasteiger partial charge in [-0.15, -0.1) is 11.8 Å². The molecule has 1 fully saturated rings. The quantitative estimate of drug-likeness (QED) is 0.668. The summed E-state index contributed by atoms with van der Waals surface area (Å²) in [6.45, 7) is 8.59. The van der Waals surface area contributed by atoms with Crippen molar-refractivity contribution in [1.82, 2.24) is 4.90 Å². The van der Waals surface area contributed by atoms with Crippen molar-refractivity contribution in [3.8, 4) is 0 Å². The molecule has 1 atom stereocenters. The number of benzene rings is 2. The molecule has 0 radical (unpaired) electrons. The molecule has 1 heterocycles. The number of anilines is 1. The number of aromatic carboxylic acids is 1. The Morgan fingerprint density at radius 3 is 2.47 bits per heavy atom. The molecule has 160 valence electrons. The third-order valence-corrected chi connectivity index (χ3v) is 6.87. The summed E-state index contributed by atoms with van der Waals surface area (Å²) in [7, 11) is 0. The molecule has 3 rings (SSSR count). The molecule has 30 heavy (non-hydrogen) atoms. The van der Waals surface area contributed by atoms with Crippen LogP contribution in [-0.4, -0.2) is 47.3 Å². The van der Waals surface area contributed by atoms with Gasteiger partial charge in [0.2, 0.25) is 5.91 Å².